The maximum Gasteiger partial charge on any atom is 0.179 e. The van der Waals surface area contributed by atoms with Crippen LogP contribution in [0.15, 0.2) is 113 Å². The molecular weight excluding hydrogens is 523 g/mol. The van der Waals surface area contributed by atoms with Crippen LogP contribution in [0.5, 0.6) is 0 Å². The van der Waals surface area contributed by atoms with Crippen molar-refractivity contribution in [2.45, 2.75) is 39.2 Å². The molecule has 42 heavy (non-hydrogen) atoms. The van der Waals surface area contributed by atoms with E-state index in [0.717, 1.165) is 53.3 Å². The molecule has 4 aromatic carbocycles. The highest BCUT2D eigenvalue weighted by Gasteiger charge is 2.42. The van der Waals surface area contributed by atoms with E-state index in [2.05, 4.69) is 41.4 Å². The van der Waals surface area contributed by atoms with Crippen molar-refractivity contribution in [1.82, 2.24) is 9.78 Å². The standard InChI is InChI=1S/C35H31FN6/c1-3-4-12-24-19-21-25(22-20-24)37-33-35-39-34-31(23(2)40-42(34)26-13-6-5-7-14-26)32(27-15-8-9-16-28(27)36)41(35)30-18-11-10-17-29(30)38-33/h5-11,13-22,32H,3-4,12H2,1-2H3,(H,37,38)/t32-/m1/s1. The number of para-hydroxylation sites is 3. The van der Waals surface area contributed by atoms with Crippen LogP contribution in [-0.2, 0) is 6.42 Å². The van der Waals surface area contributed by atoms with Crippen LogP contribution in [0.4, 0.5) is 27.3 Å². The highest BCUT2D eigenvalue weighted by molar-refractivity contribution is 6.51. The smallest absolute Gasteiger partial charge is 0.179 e. The van der Waals surface area contributed by atoms with Gasteiger partial charge in [-0.1, -0.05) is 74.0 Å². The van der Waals surface area contributed by atoms with Gasteiger partial charge in [0.1, 0.15) is 5.82 Å². The molecule has 2 aliphatic rings. The summed E-state index contributed by atoms with van der Waals surface area (Å²) in [4.78, 5) is 12.4. The van der Waals surface area contributed by atoms with Crippen LogP contribution in [-0.4, -0.2) is 21.5 Å². The number of fused-ring (bicyclic) bond motifs is 4. The molecule has 1 N–H and O–H groups in total. The number of amidine groups is 2. The summed E-state index contributed by atoms with van der Waals surface area (Å²) in [6, 6.07) is 32.8. The number of halogens is 1. The Morgan fingerprint density at radius 2 is 1.57 bits per heavy atom. The van der Waals surface area contributed by atoms with Crippen molar-refractivity contribution in [3.8, 4) is 5.69 Å². The van der Waals surface area contributed by atoms with Crippen molar-refractivity contribution in [3.05, 3.63) is 131 Å². The third kappa shape index (κ3) is 4.47. The van der Waals surface area contributed by atoms with E-state index in [4.69, 9.17) is 15.1 Å². The molecule has 0 unspecified atom stereocenters. The lowest BCUT2D eigenvalue weighted by Crippen LogP contribution is -2.46. The molecule has 1 aromatic heterocycles. The fraction of sp³-hybridized carbons (Fsp3) is 0.171. The number of benzene rings is 4. The SMILES string of the molecule is CCCCc1ccc(NC2=Nc3ccccc3N3C2=Nc2c(c(C)nn2-c2ccccc2)[C@H]3c2ccccc2F)cc1. The molecule has 0 saturated heterocycles. The van der Waals surface area contributed by atoms with Crippen LogP contribution in [0.3, 0.4) is 0 Å². The second kappa shape index (κ2) is 10.7. The Labute approximate surface area is 244 Å². The number of aryl methyl sites for hydroxylation is 2. The van der Waals surface area contributed by atoms with Crippen molar-refractivity contribution in [1.29, 1.82) is 0 Å². The zero-order valence-electron chi connectivity index (χ0n) is 23.6. The van der Waals surface area contributed by atoms with Gasteiger partial charge >= 0.3 is 0 Å². The van der Waals surface area contributed by atoms with E-state index < -0.39 is 6.04 Å². The number of unbranched alkanes of at least 4 members (excludes halogenated alkanes) is 1. The van der Waals surface area contributed by atoms with Crippen molar-refractivity contribution in [2.24, 2.45) is 9.98 Å². The molecule has 0 aliphatic carbocycles. The second-order valence-electron chi connectivity index (χ2n) is 10.7. The zero-order chi connectivity index (χ0) is 28.6. The molecule has 0 fully saturated rings. The third-order valence-electron chi connectivity index (χ3n) is 7.87. The maximum absolute atomic E-state index is 15.7. The Morgan fingerprint density at radius 1 is 0.833 bits per heavy atom. The number of rotatable bonds is 6. The Balaban J connectivity index is 1.43. The van der Waals surface area contributed by atoms with Crippen molar-refractivity contribution in [3.63, 3.8) is 0 Å². The van der Waals surface area contributed by atoms with Gasteiger partial charge < -0.3 is 10.2 Å². The molecular formula is C35H31FN6. The van der Waals surface area contributed by atoms with Gasteiger partial charge in [0.25, 0.3) is 0 Å². The summed E-state index contributed by atoms with van der Waals surface area (Å²) in [6.07, 6.45) is 3.38. The fourth-order valence-corrected chi connectivity index (χ4v) is 5.81. The van der Waals surface area contributed by atoms with Gasteiger partial charge in [0, 0.05) is 16.8 Å². The summed E-state index contributed by atoms with van der Waals surface area (Å²) < 4.78 is 17.5. The van der Waals surface area contributed by atoms with E-state index in [9.17, 15) is 0 Å². The third-order valence-corrected chi connectivity index (χ3v) is 7.87. The van der Waals surface area contributed by atoms with Crippen molar-refractivity contribution in [2.75, 3.05) is 10.2 Å². The predicted octanol–water partition coefficient (Wildman–Crippen LogP) is 8.46. The van der Waals surface area contributed by atoms with Gasteiger partial charge in [0.05, 0.1) is 28.8 Å². The largest absolute Gasteiger partial charge is 0.337 e. The number of aromatic nitrogens is 2. The monoisotopic (exact) mass is 554 g/mol. The molecule has 0 radical (unpaired) electrons. The summed E-state index contributed by atoms with van der Waals surface area (Å²) in [5, 5.41) is 8.47. The van der Waals surface area contributed by atoms with Crippen LogP contribution in [0.2, 0.25) is 0 Å². The number of nitrogens with one attached hydrogen (secondary N) is 1. The van der Waals surface area contributed by atoms with Crippen LogP contribution >= 0.6 is 0 Å². The first kappa shape index (κ1) is 25.9. The molecule has 0 bridgehead atoms. The molecule has 5 aromatic rings. The Hall–Kier alpha value is -5.04. The van der Waals surface area contributed by atoms with E-state index in [-0.39, 0.29) is 5.82 Å². The Bertz CT molecular complexity index is 1820. The summed E-state index contributed by atoms with van der Waals surface area (Å²) in [7, 11) is 0. The molecule has 3 heterocycles. The molecule has 208 valence electrons. The number of aliphatic imine (C=N–C) groups is 2. The lowest BCUT2D eigenvalue weighted by Gasteiger charge is -2.40. The Kier molecular flexibility index (Phi) is 6.62. The van der Waals surface area contributed by atoms with Gasteiger partial charge in [-0.15, -0.1) is 0 Å². The molecule has 6 nitrogen and oxygen atoms in total. The van der Waals surface area contributed by atoms with Gasteiger partial charge in [-0.25, -0.2) is 19.1 Å². The van der Waals surface area contributed by atoms with Crippen LogP contribution in [0.1, 0.15) is 48.2 Å². The lowest BCUT2D eigenvalue weighted by atomic mass is 9.93. The molecule has 1 atom stereocenters. The Morgan fingerprint density at radius 3 is 2.36 bits per heavy atom. The summed E-state index contributed by atoms with van der Waals surface area (Å²) in [5.41, 5.74) is 6.97. The van der Waals surface area contributed by atoms with E-state index in [1.165, 1.54) is 11.6 Å². The minimum atomic E-state index is -0.504. The maximum atomic E-state index is 15.7. The normalized spacial score (nSPS) is 15.3. The molecule has 7 rings (SSSR count). The average molecular weight is 555 g/mol. The molecule has 0 amide bonds. The van der Waals surface area contributed by atoms with E-state index in [1.54, 1.807) is 6.07 Å². The van der Waals surface area contributed by atoms with E-state index in [0.29, 0.717) is 23.1 Å². The number of nitrogens with zero attached hydrogens (tertiary/aromatic N) is 5. The zero-order valence-corrected chi connectivity index (χ0v) is 23.6. The summed E-state index contributed by atoms with van der Waals surface area (Å²) in [5.74, 6) is 1.60. The van der Waals surface area contributed by atoms with Gasteiger partial charge in [-0.2, -0.15) is 5.10 Å². The number of hydrogen-bond donors (Lipinski definition) is 1. The lowest BCUT2D eigenvalue weighted by molar-refractivity contribution is 0.597. The first-order chi connectivity index (χ1) is 20.6. The first-order valence-corrected chi connectivity index (χ1v) is 14.4. The van der Waals surface area contributed by atoms with Crippen LogP contribution in [0.25, 0.3) is 5.69 Å². The van der Waals surface area contributed by atoms with E-state index >= 15 is 4.39 Å². The second-order valence-corrected chi connectivity index (χ2v) is 10.7. The molecule has 0 saturated carbocycles. The van der Waals surface area contributed by atoms with Gasteiger partial charge in [-0.3, -0.25) is 0 Å². The summed E-state index contributed by atoms with van der Waals surface area (Å²) in [6.45, 7) is 4.17. The summed E-state index contributed by atoms with van der Waals surface area (Å²) >= 11 is 0. The van der Waals surface area contributed by atoms with Crippen LogP contribution in [0, 0.1) is 12.7 Å². The minimum Gasteiger partial charge on any atom is -0.337 e. The van der Waals surface area contributed by atoms with Crippen LogP contribution < -0.4 is 10.2 Å². The number of anilines is 2. The quantitative estimate of drug-likeness (QED) is 0.229. The van der Waals surface area contributed by atoms with E-state index in [1.807, 2.05) is 78.3 Å². The molecule has 0 spiro atoms. The van der Waals surface area contributed by atoms with Crippen molar-refractivity contribution < 1.29 is 4.39 Å². The highest BCUT2D eigenvalue weighted by atomic mass is 19.1. The average Bonchev–Trinajstić information content (AvgIpc) is 3.36. The van der Waals surface area contributed by atoms with Gasteiger partial charge in [-0.05, 0) is 67.8 Å². The van der Waals surface area contributed by atoms with Gasteiger partial charge in [0.2, 0.25) is 0 Å². The predicted molar refractivity (Wildman–Crippen MR) is 168 cm³/mol. The first-order valence-electron chi connectivity index (χ1n) is 14.4. The van der Waals surface area contributed by atoms with Gasteiger partial charge in [0.15, 0.2) is 17.5 Å². The minimum absolute atomic E-state index is 0.279. The molecule has 2 aliphatic heterocycles. The highest BCUT2D eigenvalue weighted by Crippen LogP contribution is 2.48. The van der Waals surface area contributed by atoms with Crippen molar-refractivity contribution >= 4 is 34.6 Å². The fourth-order valence-electron chi connectivity index (χ4n) is 5.81. The number of hydrogen-bond acceptors (Lipinski definition) is 5. The topological polar surface area (TPSA) is 57.8 Å². The molecule has 7 heteroatoms.